The minimum absolute atomic E-state index is 0.209. The molecule has 1 atom stereocenters. The van der Waals surface area contributed by atoms with Gasteiger partial charge in [0, 0.05) is 24.1 Å². The Morgan fingerprint density at radius 1 is 1.52 bits per heavy atom. The number of ether oxygens (including phenoxy) is 2. The standard InChI is InChI=1S/C15H21N3O2S/c1-4-16-15(21)18-17-9-12-8-14-11(6-10(3)20-14)7-13(12)19-5-2/h7-10H,4-6H2,1-3H3,(H2,16,18,21)/b17-9-/t10-/m0/s1. The summed E-state index contributed by atoms with van der Waals surface area (Å²) in [5.74, 6) is 1.72. The minimum atomic E-state index is 0.209. The lowest BCUT2D eigenvalue weighted by atomic mass is 10.1. The van der Waals surface area contributed by atoms with Crippen molar-refractivity contribution in [2.45, 2.75) is 33.3 Å². The van der Waals surface area contributed by atoms with Crippen molar-refractivity contribution in [2.75, 3.05) is 13.2 Å². The zero-order valence-corrected chi connectivity index (χ0v) is 13.4. The average Bonchev–Trinajstić information content (AvgIpc) is 2.78. The van der Waals surface area contributed by atoms with Crippen LogP contribution < -0.4 is 20.2 Å². The maximum atomic E-state index is 5.77. The van der Waals surface area contributed by atoms with E-state index in [1.807, 2.05) is 26.0 Å². The molecule has 0 aromatic heterocycles. The van der Waals surface area contributed by atoms with Crippen LogP contribution in [0.3, 0.4) is 0 Å². The molecule has 0 unspecified atom stereocenters. The second kappa shape index (κ2) is 7.26. The summed E-state index contributed by atoms with van der Waals surface area (Å²) in [5.41, 5.74) is 4.82. The van der Waals surface area contributed by atoms with Crippen LogP contribution in [0.5, 0.6) is 11.5 Å². The predicted octanol–water partition coefficient (Wildman–Crippen LogP) is 2.23. The monoisotopic (exact) mass is 307 g/mol. The van der Waals surface area contributed by atoms with E-state index >= 15 is 0 Å². The van der Waals surface area contributed by atoms with Crippen LogP contribution in [-0.2, 0) is 6.42 Å². The van der Waals surface area contributed by atoms with E-state index < -0.39 is 0 Å². The fraction of sp³-hybridized carbons (Fsp3) is 0.467. The van der Waals surface area contributed by atoms with E-state index in [2.05, 4.69) is 22.8 Å². The topological polar surface area (TPSA) is 54.9 Å². The molecular weight excluding hydrogens is 286 g/mol. The smallest absolute Gasteiger partial charge is 0.186 e. The van der Waals surface area contributed by atoms with Crippen molar-refractivity contribution in [2.24, 2.45) is 5.10 Å². The molecule has 0 saturated carbocycles. The summed E-state index contributed by atoms with van der Waals surface area (Å²) in [4.78, 5) is 0. The van der Waals surface area contributed by atoms with Gasteiger partial charge in [0.2, 0.25) is 0 Å². The van der Waals surface area contributed by atoms with Gasteiger partial charge in [0.15, 0.2) is 5.11 Å². The molecule has 2 rings (SSSR count). The third-order valence-corrected chi connectivity index (χ3v) is 3.27. The summed E-state index contributed by atoms with van der Waals surface area (Å²) < 4.78 is 11.5. The van der Waals surface area contributed by atoms with Gasteiger partial charge in [0.05, 0.1) is 12.8 Å². The fourth-order valence-electron chi connectivity index (χ4n) is 2.20. The van der Waals surface area contributed by atoms with Crippen molar-refractivity contribution in [3.63, 3.8) is 0 Å². The zero-order valence-electron chi connectivity index (χ0n) is 12.6. The highest BCUT2D eigenvalue weighted by molar-refractivity contribution is 7.80. The van der Waals surface area contributed by atoms with E-state index in [0.717, 1.165) is 30.0 Å². The summed E-state index contributed by atoms with van der Waals surface area (Å²) in [6, 6.07) is 4.00. The Balaban J connectivity index is 2.15. The molecule has 0 bridgehead atoms. The summed E-state index contributed by atoms with van der Waals surface area (Å²) in [6.45, 7) is 7.37. The number of rotatable bonds is 5. The molecule has 21 heavy (non-hydrogen) atoms. The fourth-order valence-corrected chi connectivity index (χ4v) is 2.39. The quantitative estimate of drug-likeness (QED) is 0.496. The van der Waals surface area contributed by atoms with E-state index in [1.54, 1.807) is 6.21 Å². The molecule has 2 N–H and O–H groups in total. The molecule has 114 valence electrons. The lowest BCUT2D eigenvalue weighted by Gasteiger charge is -2.10. The molecule has 0 aliphatic carbocycles. The second-order valence-electron chi connectivity index (χ2n) is 4.79. The zero-order chi connectivity index (χ0) is 15.2. The molecule has 1 aliphatic rings. The van der Waals surface area contributed by atoms with Crippen LogP contribution in [0.25, 0.3) is 0 Å². The van der Waals surface area contributed by atoms with Crippen molar-refractivity contribution in [3.8, 4) is 11.5 Å². The third kappa shape index (κ3) is 4.07. The molecule has 1 aromatic carbocycles. The highest BCUT2D eigenvalue weighted by atomic mass is 32.1. The largest absolute Gasteiger partial charge is 0.493 e. The van der Waals surface area contributed by atoms with Gasteiger partial charge in [0.25, 0.3) is 0 Å². The number of nitrogens with one attached hydrogen (secondary N) is 2. The van der Waals surface area contributed by atoms with Gasteiger partial charge in [-0.2, -0.15) is 5.10 Å². The maximum absolute atomic E-state index is 5.77. The van der Waals surface area contributed by atoms with E-state index in [4.69, 9.17) is 21.7 Å². The molecule has 0 saturated heterocycles. The average molecular weight is 307 g/mol. The first-order valence-corrected chi connectivity index (χ1v) is 7.58. The van der Waals surface area contributed by atoms with Gasteiger partial charge < -0.3 is 14.8 Å². The van der Waals surface area contributed by atoms with Gasteiger partial charge in [-0.3, -0.25) is 5.43 Å². The molecule has 6 heteroatoms. The first-order valence-electron chi connectivity index (χ1n) is 7.17. The first kappa shape index (κ1) is 15.6. The van der Waals surface area contributed by atoms with Gasteiger partial charge >= 0.3 is 0 Å². The molecular formula is C15H21N3O2S. The summed E-state index contributed by atoms with van der Waals surface area (Å²) in [6.07, 6.45) is 2.82. The normalized spacial score (nSPS) is 16.4. The Kier molecular flexibility index (Phi) is 5.38. The number of fused-ring (bicyclic) bond motifs is 1. The van der Waals surface area contributed by atoms with Crippen molar-refractivity contribution >= 4 is 23.5 Å². The Morgan fingerprint density at radius 3 is 3.05 bits per heavy atom. The van der Waals surface area contributed by atoms with E-state index in [9.17, 15) is 0 Å². The minimum Gasteiger partial charge on any atom is -0.493 e. The summed E-state index contributed by atoms with van der Waals surface area (Å²) >= 11 is 5.06. The van der Waals surface area contributed by atoms with Crippen LogP contribution >= 0.6 is 12.2 Å². The van der Waals surface area contributed by atoms with Crippen molar-refractivity contribution in [1.29, 1.82) is 0 Å². The number of hydrazone groups is 1. The number of hydrogen-bond donors (Lipinski definition) is 2. The Morgan fingerprint density at radius 2 is 2.33 bits per heavy atom. The van der Waals surface area contributed by atoms with Gasteiger partial charge in [-0.15, -0.1) is 0 Å². The lowest BCUT2D eigenvalue weighted by Crippen LogP contribution is -2.31. The lowest BCUT2D eigenvalue weighted by molar-refractivity contribution is 0.254. The highest BCUT2D eigenvalue weighted by Gasteiger charge is 2.21. The molecule has 0 amide bonds. The van der Waals surface area contributed by atoms with Crippen molar-refractivity contribution in [1.82, 2.24) is 10.7 Å². The van der Waals surface area contributed by atoms with Gasteiger partial charge in [-0.05, 0) is 45.1 Å². The number of hydrogen-bond acceptors (Lipinski definition) is 4. The summed E-state index contributed by atoms with van der Waals surface area (Å²) in [7, 11) is 0. The van der Waals surface area contributed by atoms with E-state index in [1.165, 1.54) is 5.56 Å². The van der Waals surface area contributed by atoms with Crippen LogP contribution in [0, 0.1) is 0 Å². The maximum Gasteiger partial charge on any atom is 0.186 e. The Labute approximate surface area is 130 Å². The molecule has 1 heterocycles. The number of benzene rings is 1. The molecule has 1 aliphatic heterocycles. The van der Waals surface area contributed by atoms with Crippen LogP contribution in [0.2, 0.25) is 0 Å². The Hall–Kier alpha value is -1.82. The van der Waals surface area contributed by atoms with Crippen LogP contribution in [-0.4, -0.2) is 30.6 Å². The van der Waals surface area contributed by atoms with Crippen LogP contribution in [0.4, 0.5) is 0 Å². The van der Waals surface area contributed by atoms with Crippen LogP contribution in [0.15, 0.2) is 17.2 Å². The van der Waals surface area contributed by atoms with Crippen molar-refractivity contribution in [3.05, 3.63) is 23.3 Å². The Bertz CT molecular complexity index is 546. The van der Waals surface area contributed by atoms with Gasteiger partial charge in [-0.1, -0.05) is 0 Å². The molecule has 5 nitrogen and oxygen atoms in total. The molecule has 0 fully saturated rings. The first-order chi connectivity index (χ1) is 10.1. The molecule has 0 radical (unpaired) electrons. The molecule has 1 aromatic rings. The SMILES string of the molecule is CCNC(=S)N/N=C\c1cc2c(cc1OCC)C[C@H](C)O2. The third-order valence-electron chi connectivity index (χ3n) is 3.04. The summed E-state index contributed by atoms with van der Waals surface area (Å²) in [5, 5.41) is 7.60. The number of thiocarbonyl (C=S) groups is 1. The highest BCUT2D eigenvalue weighted by Crippen LogP contribution is 2.34. The van der Waals surface area contributed by atoms with Gasteiger partial charge in [-0.25, -0.2) is 0 Å². The predicted molar refractivity (Wildman–Crippen MR) is 88.4 cm³/mol. The van der Waals surface area contributed by atoms with Gasteiger partial charge in [0.1, 0.15) is 17.6 Å². The molecule has 0 spiro atoms. The second-order valence-corrected chi connectivity index (χ2v) is 5.20. The van der Waals surface area contributed by atoms with Crippen molar-refractivity contribution < 1.29 is 9.47 Å². The number of nitrogens with zero attached hydrogens (tertiary/aromatic N) is 1. The van der Waals surface area contributed by atoms with E-state index in [-0.39, 0.29) is 6.10 Å². The van der Waals surface area contributed by atoms with Crippen LogP contribution in [0.1, 0.15) is 31.9 Å². The van der Waals surface area contributed by atoms with E-state index in [0.29, 0.717) is 11.7 Å².